The predicted molar refractivity (Wildman–Crippen MR) is 248 cm³/mol. The summed E-state index contributed by atoms with van der Waals surface area (Å²) < 4.78 is 14.0. The molecule has 6 nitrogen and oxygen atoms in total. The van der Waals surface area contributed by atoms with Crippen molar-refractivity contribution in [1.82, 2.24) is 9.55 Å². The fourth-order valence-electron chi connectivity index (χ4n) is 8.68. The lowest BCUT2D eigenvalue weighted by molar-refractivity contribution is -0.150. The summed E-state index contributed by atoms with van der Waals surface area (Å²) >= 11 is 0. The standard InChI is InChI=1S/C52H98N2O4/c1-5-9-13-17-19-29-40-49(38-27-15-11-7-3)51(55)57-45-33-23-21-25-35-48(37-31-32-43-54-44-42-53-47-54)36-26-22-24-34-46-58-52(56)50(39-28-16-12-8-4)41-30-20-18-14-10-6-2/h42,44,47-50H,5-41,43,45-46H2,1-4H3. The number of aryl methyl sites for hydroxylation is 1. The molecule has 6 heteroatoms. The fourth-order valence-corrected chi connectivity index (χ4v) is 8.68. The first-order chi connectivity index (χ1) is 28.5. The quantitative estimate of drug-likeness (QED) is 0.0484. The van der Waals surface area contributed by atoms with Crippen molar-refractivity contribution in [2.45, 2.75) is 272 Å². The SMILES string of the molecule is CCCCCCCCC(CCCCCC)C(=O)OCCCCCCC(CCCCCCOC(=O)C(CCCCCC)CCCCCCCC)CCCCn1ccnc1. The van der Waals surface area contributed by atoms with Crippen molar-refractivity contribution in [3.63, 3.8) is 0 Å². The number of unbranched alkanes of at least 4 members (excludes halogenated alkanes) is 23. The molecule has 0 bridgehead atoms. The zero-order valence-corrected chi connectivity index (χ0v) is 39.3. The van der Waals surface area contributed by atoms with Gasteiger partial charge in [0.2, 0.25) is 0 Å². The Morgan fingerprint density at radius 1 is 0.431 bits per heavy atom. The van der Waals surface area contributed by atoms with E-state index in [0.717, 1.165) is 89.5 Å². The van der Waals surface area contributed by atoms with Gasteiger partial charge in [-0.3, -0.25) is 9.59 Å². The summed E-state index contributed by atoms with van der Waals surface area (Å²) in [5.41, 5.74) is 0. The third-order valence-electron chi connectivity index (χ3n) is 12.6. The first kappa shape index (κ1) is 54.2. The molecule has 0 aliphatic carbocycles. The molecule has 340 valence electrons. The van der Waals surface area contributed by atoms with Gasteiger partial charge in [-0.05, 0) is 50.9 Å². The monoisotopic (exact) mass is 815 g/mol. The normalized spacial score (nSPS) is 13.1. The van der Waals surface area contributed by atoms with E-state index < -0.39 is 0 Å². The summed E-state index contributed by atoms with van der Waals surface area (Å²) in [6.45, 7) is 11.3. The van der Waals surface area contributed by atoms with Crippen LogP contribution in [0.5, 0.6) is 0 Å². The van der Waals surface area contributed by atoms with Gasteiger partial charge in [0, 0.05) is 18.9 Å². The fraction of sp³-hybridized carbons (Fsp3) is 0.904. The molecule has 0 aliphatic rings. The van der Waals surface area contributed by atoms with Crippen LogP contribution < -0.4 is 0 Å². The van der Waals surface area contributed by atoms with Gasteiger partial charge < -0.3 is 14.0 Å². The van der Waals surface area contributed by atoms with Crippen LogP contribution >= 0.6 is 0 Å². The molecule has 0 N–H and O–H groups in total. The minimum Gasteiger partial charge on any atom is -0.465 e. The summed E-state index contributed by atoms with van der Waals surface area (Å²) in [6.07, 6.45) is 50.6. The molecule has 0 fully saturated rings. The molecular weight excluding hydrogens is 717 g/mol. The number of esters is 2. The number of rotatable bonds is 45. The topological polar surface area (TPSA) is 70.4 Å². The van der Waals surface area contributed by atoms with E-state index in [9.17, 15) is 9.59 Å². The highest BCUT2D eigenvalue weighted by molar-refractivity contribution is 5.72. The third-order valence-corrected chi connectivity index (χ3v) is 12.6. The Balaban J connectivity index is 2.39. The first-order valence-electron chi connectivity index (χ1n) is 25.8. The molecule has 58 heavy (non-hydrogen) atoms. The highest BCUT2D eigenvalue weighted by atomic mass is 16.5. The summed E-state index contributed by atoms with van der Waals surface area (Å²) in [5, 5.41) is 0. The average molecular weight is 815 g/mol. The highest BCUT2D eigenvalue weighted by Gasteiger charge is 2.20. The van der Waals surface area contributed by atoms with Crippen molar-refractivity contribution >= 4 is 11.9 Å². The number of hydrogen-bond acceptors (Lipinski definition) is 5. The summed E-state index contributed by atoms with van der Waals surface area (Å²) in [7, 11) is 0. The minimum atomic E-state index is 0.0736. The Labute approximate surface area is 361 Å². The number of aromatic nitrogens is 2. The van der Waals surface area contributed by atoms with Gasteiger partial charge in [0.15, 0.2) is 0 Å². The second-order valence-corrected chi connectivity index (χ2v) is 18.1. The van der Waals surface area contributed by atoms with Crippen molar-refractivity contribution in [2.75, 3.05) is 13.2 Å². The van der Waals surface area contributed by atoms with Gasteiger partial charge in [-0.15, -0.1) is 0 Å². The van der Waals surface area contributed by atoms with E-state index in [1.807, 2.05) is 12.5 Å². The molecule has 0 spiro atoms. The summed E-state index contributed by atoms with van der Waals surface area (Å²) in [4.78, 5) is 30.3. The molecule has 1 aromatic heterocycles. The van der Waals surface area contributed by atoms with Gasteiger partial charge in [-0.2, -0.15) is 0 Å². The zero-order valence-electron chi connectivity index (χ0n) is 39.3. The van der Waals surface area contributed by atoms with Gasteiger partial charge in [0.1, 0.15) is 0 Å². The maximum absolute atomic E-state index is 13.1. The van der Waals surface area contributed by atoms with Crippen LogP contribution in [0.4, 0.5) is 0 Å². The van der Waals surface area contributed by atoms with Crippen molar-refractivity contribution in [3.8, 4) is 0 Å². The molecule has 0 radical (unpaired) electrons. The zero-order chi connectivity index (χ0) is 42.0. The molecule has 0 aliphatic heterocycles. The Morgan fingerprint density at radius 3 is 1.14 bits per heavy atom. The Hall–Kier alpha value is -1.85. The van der Waals surface area contributed by atoms with Gasteiger partial charge in [0.05, 0.1) is 31.4 Å². The van der Waals surface area contributed by atoms with Crippen molar-refractivity contribution in [1.29, 1.82) is 0 Å². The van der Waals surface area contributed by atoms with Crippen molar-refractivity contribution < 1.29 is 19.1 Å². The van der Waals surface area contributed by atoms with Gasteiger partial charge in [0.25, 0.3) is 0 Å². The lowest BCUT2D eigenvalue weighted by Gasteiger charge is -2.18. The van der Waals surface area contributed by atoms with Gasteiger partial charge >= 0.3 is 11.9 Å². The number of carbonyl (C=O) groups is 2. The Kier molecular flexibility index (Phi) is 39.1. The Bertz CT molecular complexity index is 940. The van der Waals surface area contributed by atoms with E-state index in [1.165, 1.54) is 161 Å². The summed E-state index contributed by atoms with van der Waals surface area (Å²) in [6, 6.07) is 0. The molecule has 0 saturated carbocycles. The Morgan fingerprint density at radius 2 is 0.759 bits per heavy atom. The van der Waals surface area contributed by atoms with Gasteiger partial charge in [-0.1, -0.05) is 220 Å². The van der Waals surface area contributed by atoms with E-state index in [-0.39, 0.29) is 23.8 Å². The molecule has 0 aromatic carbocycles. The minimum absolute atomic E-state index is 0.0736. The van der Waals surface area contributed by atoms with Crippen LogP contribution in [-0.4, -0.2) is 34.7 Å². The molecule has 1 heterocycles. The van der Waals surface area contributed by atoms with Crippen molar-refractivity contribution in [3.05, 3.63) is 18.7 Å². The molecule has 1 aromatic rings. The second kappa shape index (κ2) is 41.9. The van der Waals surface area contributed by atoms with E-state index >= 15 is 0 Å². The van der Waals surface area contributed by atoms with Crippen LogP contribution in [0, 0.1) is 17.8 Å². The number of imidazole rings is 1. The summed E-state index contributed by atoms with van der Waals surface area (Å²) in [5.74, 6) is 1.13. The smallest absolute Gasteiger partial charge is 0.308 e. The van der Waals surface area contributed by atoms with Crippen LogP contribution in [-0.2, 0) is 25.6 Å². The first-order valence-corrected chi connectivity index (χ1v) is 25.8. The second-order valence-electron chi connectivity index (χ2n) is 18.1. The van der Waals surface area contributed by atoms with E-state index in [4.69, 9.17) is 9.47 Å². The van der Waals surface area contributed by atoms with E-state index in [2.05, 4.69) is 43.4 Å². The van der Waals surface area contributed by atoms with E-state index in [1.54, 1.807) is 0 Å². The number of ether oxygens (including phenoxy) is 2. The highest BCUT2D eigenvalue weighted by Crippen LogP contribution is 2.25. The number of carbonyl (C=O) groups excluding carboxylic acids is 2. The maximum Gasteiger partial charge on any atom is 0.308 e. The van der Waals surface area contributed by atoms with Crippen LogP contribution in [0.2, 0.25) is 0 Å². The maximum atomic E-state index is 13.1. The van der Waals surface area contributed by atoms with Crippen LogP contribution in [0.1, 0.15) is 265 Å². The molecule has 2 unspecified atom stereocenters. The lowest BCUT2D eigenvalue weighted by atomic mass is 9.90. The molecule has 1 rings (SSSR count). The molecule has 0 amide bonds. The molecule has 0 saturated heterocycles. The van der Waals surface area contributed by atoms with Gasteiger partial charge in [-0.25, -0.2) is 4.98 Å². The van der Waals surface area contributed by atoms with Crippen LogP contribution in [0.15, 0.2) is 18.7 Å². The van der Waals surface area contributed by atoms with Crippen LogP contribution in [0.3, 0.4) is 0 Å². The molecule has 2 atom stereocenters. The number of hydrogen-bond donors (Lipinski definition) is 0. The average Bonchev–Trinajstić information content (AvgIpc) is 3.76. The molecular formula is C52H98N2O4. The van der Waals surface area contributed by atoms with Crippen molar-refractivity contribution in [2.24, 2.45) is 17.8 Å². The van der Waals surface area contributed by atoms with E-state index in [0.29, 0.717) is 13.2 Å². The largest absolute Gasteiger partial charge is 0.465 e. The van der Waals surface area contributed by atoms with Crippen LogP contribution in [0.25, 0.3) is 0 Å². The predicted octanol–water partition coefficient (Wildman–Crippen LogP) is 16.3. The number of nitrogens with zero attached hydrogens (tertiary/aromatic N) is 2. The third kappa shape index (κ3) is 32.9. The lowest BCUT2D eigenvalue weighted by Crippen LogP contribution is -2.18.